The molecule has 0 radical (unpaired) electrons. The summed E-state index contributed by atoms with van der Waals surface area (Å²) in [6, 6.07) is 20.8. The van der Waals surface area contributed by atoms with Gasteiger partial charge in [-0.1, -0.05) is 71.4 Å². The first kappa shape index (κ1) is 42.0. The number of ketones is 1. The van der Waals surface area contributed by atoms with Gasteiger partial charge < -0.3 is 15.6 Å². The Kier molecular flexibility index (Phi) is 26.8. The van der Waals surface area contributed by atoms with E-state index in [4.69, 9.17) is 5.73 Å². The molecule has 0 aliphatic heterocycles. The molecule has 4 rings (SSSR count). The van der Waals surface area contributed by atoms with E-state index in [2.05, 4.69) is 23.5 Å². The maximum Gasteiger partial charge on any atom is 0.211 e. The zero-order chi connectivity index (χ0) is 33.1. The number of fused-ring (bicyclic) bond motifs is 1. The summed E-state index contributed by atoms with van der Waals surface area (Å²) in [6.07, 6.45) is 4.15. The second kappa shape index (κ2) is 26.8. The molecular formula is C36H54N4O2. The van der Waals surface area contributed by atoms with Crippen molar-refractivity contribution in [1.29, 1.82) is 0 Å². The monoisotopic (exact) mass is 574 g/mol. The van der Waals surface area contributed by atoms with Gasteiger partial charge in [0.2, 0.25) is 6.41 Å². The number of nitrogens with two attached hydrogens (primary N) is 1. The zero-order valence-corrected chi connectivity index (χ0v) is 27.8. The van der Waals surface area contributed by atoms with E-state index in [9.17, 15) is 9.59 Å². The molecule has 0 atom stereocenters. The maximum absolute atomic E-state index is 11.5. The highest BCUT2D eigenvalue weighted by atomic mass is 16.1. The molecule has 6 nitrogen and oxygen atoms in total. The van der Waals surface area contributed by atoms with Crippen LogP contribution in [-0.4, -0.2) is 21.7 Å². The summed E-state index contributed by atoms with van der Waals surface area (Å²) in [7, 11) is 1.94. The van der Waals surface area contributed by atoms with Crippen LogP contribution in [0, 0.1) is 6.92 Å². The summed E-state index contributed by atoms with van der Waals surface area (Å²) in [6.45, 7) is 26.1. The van der Waals surface area contributed by atoms with Crippen molar-refractivity contribution in [1.82, 2.24) is 9.55 Å². The Bertz CT molecular complexity index is 1250. The molecule has 1 amide bonds. The Labute approximate surface area is 255 Å². The van der Waals surface area contributed by atoms with E-state index in [0.717, 1.165) is 33.8 Å². The van der Waals surface area contributed by atoms with Gasteiger partial charge >= 0.3 is 0 Å². The van der Waals surface area contributed by atoms with Crippen molar-refractivity contribution < 1.29 is 9.59 Å². The summed E-state index contributed by atoms with van der Waals surface area (Å²) in [5.74, 6) is 0.840. The van der Waals surface area contributed by atoms with Crippen molar-refractivity contribution in [2.75, 3.05) is 11.1 Å². The van der Waals surface area contributed by atoms with Crippen molar-refractivity contribution >= 4 is 34.6 Å². The smallest absolute Gasteiger partial charge is 0.211 e. The Balaban J connectivity index is -0.000000629. The van der Waals surface area contributed by atoms with Crippen molar-refractivity contribution in [3.05, 3.63) is 103 Å². The van der Waals surface area contributed by atoms with Crippen LogP contribution in [0.3, 0.4) is 0 Å². The van der Waals surface area contributed by atoms with E-state index in [-0.39, 0.29) is 5.78 Å². The van der Waals surface area contributed by atoms with Crippen molar-refractivity contribution in [3.63, 3.8) is 0 Å². The molecule has 3 N–H and O–H groups in total. The van der Waals surface area contributed by atoms with Gasteiger partial charge in [0.05, 0.1) is 11.0 Å². The predicted molar refractivity (Wildman–Crippen MR) is 187 cm³/mol. The number of amides is 1. The van der Waals surface area contributed by atoms with E-state index in [0.29, 0.717) is 12.0 Å². The van der Waals surface area contributed by atoms with Crippen LogP contribution in [0.25, 0.3) is 22.4 Å². The van der Waals surface area contributed by atoms with E-state index < -0.39 is 0 Å². The van der Waals surface area contributed by atoms with Crippen LogP contribution >= 0.6 is 0 Å². The van der Waals surface area contributed by atoms with Gasteiger partial charge in [-0.3, -0.25) is 9.59 Å². The van der Waals surface area contributed by atoms with Crippen molar-refractivity contribution in [2.24, 2.45) is 7.05 Å². The molecular weight excluding hydrogens is 520 g/mol. The number of rotatable bonds is 4. The normalized spacial score (nSPS) is 8.36. The molecule has 0 spiro atoms. The Hall–Kier alpha value is -4.45. The molecule has 0 saturated heterocycles. The number of aromatic nitrogens is 2. The molecule has 6 heteroatoms. The second-order valence-electron chi connectivity index (χ2n) is 7.82. The number of imidazole rings is 1. The molecule has 1 heterocycles. The Morgan fingerprint density at radius 3 is 1.74 bits per heavy atom. The molecule has 0 unspecified atom stereocenters. The van der Waals surface area contributed by atoms with Crippen molar-refractivity contribution in [3.8, 4) is 11.4 Å². The molecule has 0 fully saturated rings. The fourth-order valence-electron chi connectivity index (χ4n) is 3.03. The number of nitrogens with one attached hydrogen (secondary N) is 1. The van der Waals surface area contributed by atoms with Crippen LogP contribution in [0.15, 0.2) is 92.0 Å². The molecule has 1 aromatic heterocycles. The van der Waals surface area contributed by atoms with Gasteiger partial charge in [0.15, 0.2) is 5.78 Å². The fraction of sp³-hybridized carbons (Fsp3) is 0.306. The number of Topliss-reactive ketones (excluding diaryl/α,β-unsaturated/α-hetero) is 1. The maximum atomic E-state index is 11.5. The highest BCUT2D eigenvalue weighted by Gasteiger charge is 2.11. The zero-order valence-electron chi connectivity index (χ0n) is 27.8. The minimum absolute atomic E-state index is 0.0263. The van der Waals surface area contributed by atoms with Gasteiger partial charge in [0.1, 0.15) is 5.82 Å². The van der Waals surface area contributed by atoms with Crippen LogP contribution < -0.4 is 11.1 Å². The SMILES string of the molecule is C=CC.C=CC.CC.CC.CC.CC(=O)c1ccc2c(c1)nc(-c1ccc(NC=O)cc1)n2C.Cc1ccc(N)cc1. The highest BCUT2D eigenvalue weighted by Crippen LogP contribution is 2.25. The van der Waals surface area contributed by atoms with Gasteiger partial charge in [-0.15, -0.1) is 13.2 Å². The summed E-state index contributed by atoms with van der Waals surface area (Å²) < 4.78 is 1.99. The lowest BCUT2D eigenvalue weighted by molar-refractivity contribution is -0.105. The van der Waals surface area contributed by atoms with Gasteiger partial charge in [-0.25, -0.2) is 4.98 Å². The number of nitrogen functional groups attached to an aromatic ring is 1. The molecule has 0 aliphatic carbocycles. The first-order valence-corrected chi connectivity index (χ1v) is 14.5. The van der Waals surface area contributed by atoms with Gasteiger partial charge in [-0.2, -0.15) is 0 Å². The van der Waals surface area contributed by atoms with E-state index >= 15 is 0 Å². The predicted octanol–water partition coefficient (Wildman–Crippen LogP) is 10.1. The van der Waals surface area contributed by atoms with Gasteiger partial charge in [0, 0.05) is 29.5 Å². The average molecular weight is 575 g/mol. The average Bonchev–Trinajstić information content (AvgIpc) is 3.35. The third kappa shape index (κ3) is 16.0. The number of aryl methyl sites for hydroxylation is 2. The summed E-state index contributed by atoms with van der Waals surface area (Å²) in [4.78, 5) is 26.5. The van der Waals surface area contributed by atoms with Crippen LogP contribution in [0.1, 0.15) is 78.2 Å². The number of benzene rings is 3. The quantitative estimate of drug-likeness (QED) is 0.110. The van der Waals surface area contributed by atoms with Gasteiger partial charge in [-0.05, 0) is 82.3 Å². The largest absolute Gasteiger partial charge is 0.399 e. The number of hydrogen-bond acceptors (Lipinski definition) is 4. The third-order valence-electron chi connectivity index (χ3n) is 4.73. The molecule has 0 bridgehead atoms. The third-order valence-corrected chi connectivity index (χ3v) is 4.73. The molecule has 230 valence electrons. The number of nitrogens with zero attached hydrogens (tertiary/aromatic N) is 2. The van der Waals surface area contributed by atoms with Crippen molar-refractivity contribution in [2.45, 2.75) is 69.2 Å². The molecule has 0 saturated carbocycles. The molecule has 4 aromatic rings. The number of anilines is 2. The summed E-state index contributed by atoms with van der Waals surface area (Å²) >= 11 is 0. The van der Waals surface area contributed by atoms with Crippen LogP contribution in [0.4, 0.5) is 11.4 Å². The van der Waals surface area contributed by atoms with Gasteiger partial charge in [0.25, 0.3) is 0 Å². The lowest BCUT2D eigenvalue weighted by atomic mass is 10.1. The first-order valence-electron chi connectivity index (χ1n) is 14.5. The highest BCUT2D eigenvalue weighted by molar-refractivity contribution is 5.97. The first-order chi connectivity index (χ1) is 20.2. The van der Waals surface area contributed by atoms with E-state index in [1.807, 2.05) is 141 Å². The van der Waals surface area contributed by atoms with Crippen LogP contribution in [0.5, 0.6) is 0 Å². The minimum Gasteiger partial charge on any atom is -0.399 e. The molecule has 42 heavy (non-hydrogen) atoms. The number of carbonyl (C=O) groups excluding carboxylic acids is 2. The van der Waals surface area contributed by atoms with Crippen LogP contribution in [-0.2, 0) is 11.8 Å². The lowest BCUT2D eigenvalue weighted by Crippen LogP contribution is -1.95. The standard InChI is InChI=1S/C17H15N3O2.C7H9N.2C3H6.3C2H6/c1-11(22)13-5-8-16-15(9-13)19-17(20(16)2)12-3-6-14(7-4-12)18-10-21;1-6-2-4-7(8)5-3-6;2*1-3-2;3*1-2/h3-10H,1-2H3,(H,18,21);2-5H,8H2,1H3;2*3H,1H2,2H3;3*1-2H3. The summed E-state index contributed by atoms with van der Waals surface area (Å²) in [5.41, 5.74) is 11.6. The lowest BCUT2D eigenvalue weighted by Gasteiger charge is -2.04. The molecule has 0 aliphatic rings. The second-order valence-corrected chi connectivity index (χ2v) is 7.82. The Morgan fingerprint density at radius 1 is 0.857 bits per heavy atom. The Morgan fingerprint density at radius 2 is 1.33 bits per heavy atom. The number of carbonyl (C=O) groups is 2. The summed E-state index contributed by atoms with van der Waals surface area (Å²) in [5, 5.41) is 2.60. The topological polar surface area (TPSA) is 90.0 Å². The van der Waals surface area contributed by atoms with E-state index in [1.165, 1.54) is 5.56 Å². The molecule has 3 aromatic carbocycles. The van der Waals surface area contributed by atoms with E-state index in [1.54, 1.807) is 19.1 Å². The number of allylic oxidation sites excluding steroid dienone is 2. The fourth-order valence-corrected chi connectivity index (χ4v) is 3.03. The van der Waals surface area contributed by atoms with Crippen LogP contribution in [0.2, 0.25) is 0 Å². The minimum atomic E-state index is 0.0263. The number of hydrogen-bond donors (Lipinski definition) is 2.